The van der Waals surface area contributed by atoms with Crippen LogP contribution >= 0.6 is 11.9 Å². The van der Waals surface area contributed by atoms with Crippen molar-refractivity contribution in [3.05, 3.63) is 45.8 Å². The van der Waals surface area contributed by atoms with Gasteiger partial charge in [0.05, 0.1) is 17.7 Å². The number of aliphatic hydroxyl groups excluding tert-OH is 1. The molecule has 1 fully saturated rings. The summed E-state index contributed by atoms with van der Waals surface area (Å²) in [4.78, 5) is 23.6. The van der Waals surface area contributed by atoms with Gasteiger partial charge in [0.1, 0.15) is 17.1 Å². The van der Waals surface area contributed by atoms with Crippen LogP contribution in [0.5, 0.6) is 0 Å². The number of fused-ring (bicyclic) bond motifs is 1. The highest BCUT2D eigenvalue weighted by Crippen LogP contribution is 2.26. The molecule has 0 unspecified atom stereocenters. The Kier molecular flexibility index (Phi) is 17.0. The van der Waals surface area contributed by atoms with Gasteiger partial charge in [0.15, 0.2) is 0 Å². The van der Waals surface area contributed by atoms with E-state index >= 15 is 0 Å². The summed E-state index contributed by atoms with van der Waals surface area (Å²) in [6, 6.07) is 0. The van der Waals surface area contributed by atoms with Crippen LogP contribution < -0.4 is 5.56 Å². The molecular weight excluding hydrogens is 498 g/mol. The number of aromatic nitrogens is 3. The zero-order valence-corrected chi connectivity index (χ0v) is 25.8. The second-order valence-electron chi connectivity index (χ2n) is 8.77. The molecular formula is C29H51N5O3S. The zero-order chi connectivity index (χ0) is 28.5. The van der Waals surface area contributed by atoms with Crippen molar-refractivity contribution < 1.29 is 9.84 Å². The molecule has 9 heteroatoms. The molecule has 8 nitrogen and oxygen atoms in total. The van der Waals surface area contributed by atoms with Gasteiger partial charge in [0.25, 0.3) is 5.56 Å². The number of allylic oxidation sites excluding steroid dienone is 2. The van der Waals surface area contributed by atoms with Crippen LogP contribution in [0.3, 0.4) is 0 Å². The van der Waals surface area contributed by atoms with Crippen molar-refractivity contribution in [2.75, 3.05) is 52.2 Å². The Morgan fingerprint density at radius 1 is 1.16 bits per heavy atom. The van der Waals surface area contributed by atoms with Gasteiger partial charge in [-0.15, -0.1) is 0 Å². The van der Waals surface area contributed by atoms with E-state index in [-0.39, 0.29) is 12.2 Å². The molecule has 0 radical (unpaired) electrons. The van der Waals surface area contributed by atoms with Crippen LogP contribution in [0.4, 0.5) is 0 Å². The Morgan fingerprint density at radius 3 is 2.37 bits per heavy atom. The fourth-order valence-electron chi connectivity index (χ4n) is 4.09. The number of nitrogens with zero attached hydrogens (tertiary/aromatic N) is 4. The summed E-state index contributed by atoms with van der Waals surface area (Å²) >= 11 is 1.82. The first-order valence-corrected chi connectivity index (χ1v) is 15.2. The first kappa shape index (κ1) is 34.0. The van der Waals surface area contributed by atoms with Crippen LogP contribution in [0.25, 0.3) is 16.6 Å². The number of rotatable bonds is 11. The number of aromatic amines is 1. The van der Waals surface area contributed by atoms with E-state index < -0.39 is 0 Å². The van der Waals surface area contributed by atoms with E-state index in [9.17, 15) is 4.79 Å². The van der Waals surface area contributed by atoms with E-state index in [1.807, 2.05) is 43.4 Å². The molecule has 0 aliphatic carbocycles. The predicted octanol–water partition coefficient (Wildman–Crippen LogP) is 5.33. The highest BCUT2D eigenvalue weighted by molar-refractivity contribution is 7.97. The molecule has 216 valence electrons. The summed E-state index contributed by atoms with van der Waals surface area (Å²) < 4.78 is 10.5. The lowest BCUT2D eigenvalue weighted by molar-refractivity contribution is 0.227. The van der Waals surface area contributed by atoms with Gasteiger partial charge in [-0.25, -0.2) is 9.29 Å². The van der Waals surface area contributed by atoms with Gasteiger partial charge < -0.3 is 24.3 Å². The average Bonchev–Trinajstić information content (AvgIpc) is 3.29. The fourth-order valence-corrected chi connectivity index (χ4v) is 4.96. The largest absolute Gasteiger partial charge is 0.493 e. The van der Waals surface area contributed by atoms with E-state index in [0.29, 0.717) is 17.9 Å². The van der Waals surface area contributed by atoms with E-state index in [1.54, 1.807) is 6.92 Å². The molecule has 1 saturated heterocycles. The number of piperazine rings is 1. The van der Waals surface area contributed by atoms with Crippen LogP contribution in [0.15, 0.2) is 28.9 Å². The Labute approximate surface area is 234 Å². The van der Waals surface area contributed by atoms with E-state index in [4.69, 9.17) is 14.8 Å². The summed E-state index contributed by atoms with van der Waals surface area (Å²) in [6.07, 6.45) is 9.03. The average molecular weight is 550 g/mol. The molecule has 0 saturated carbocycles. The van der Waals surface area contributed by atoms with Gasteiger partial charge in [-0.2, -0.15) is 0 Å². The third-order valence-electron chi connectivity index (χ3n) is 5.91. The Morgan fingerprint density at radius 2 is 1.82 bits per heavy atom. The Balaban J connectivity index is 0.00000135. The van der Waals surface area contributed by atoms with Crippen LogP contribution in [0.2, 0.25) is 0 Å². The lowest BCUT2D eigenvalue weighted by Crippen LogP contribution is -2.41. The van der Waals surface area contributed by atoms with Crippen LogP contribution in [-0.2, 0) is 17.7 Å². The third-order valence-corrected chi connectivity index (χ3v) is 6.96. The molecule has 0 aromatic carbocycles. The van der Waals surface area contributed by atoms with Crippen molar-refractivity contribution in [1.82, 2.24) is 23.7 Å². The number of ether oxygens (including phenoxy) is 1. The molecule has 3 heterocycles. The van der Waals surface area contributed by atoms with Gasteiger partial charge in [-0.1, -0.05) is 52.1 Å². The summed E-state index contributed by atoms with van der Waals surface area (Å²) in [6.45, 7) is 19.9. The maximum atomic E-state index is 13.2. The van der Waals surface area contributed by atoms with Crippen molar-refractivity contribution in [2.24, 2.45) is 0 Å². The SMILES string of the molecule is C/C=C(OCCC)\C(=C/CSN1CCN(C)CC1)c1nc2c(CCC)cn(CC)c2c(=O)[nH]1.CC.CCO. The van der Waals surface area contributed by atoms with Crippen molar-refractivity contribution in [3.8, 4) is 0 Å². The molecule has 2 N–H and O–H groups in total. The molecule has 0 amide bonds. The molecule has 3 rings (SSSR count). The molecule has 38 heavy (non-hydrogen) atoms. The standard InChI is InChI=1S/C25H39N5O2S.C2H6O.C2H6/c1-6-10-19-18-29(9-4)23-22(19)26-24(27-25(23)31)20(21(8-3)32-16-7-2)11-17-33-30-14-12-28(5)13-15-30;1-2-3;1-2/h8,11,18H,6-7,9-10,12-17H2,1-5H3,(H,26,27,31);3H,2H2,1H3;1-2H3/b20-11+,21-8+;;. The topological polar surface area (TPSA) is 86.6 Å². The predicted molar refractivity (Wildman–Crippen MR) is 164 cm³/mol. The van der Waals surface area contributed by atoms with Crippen molar-refractivity contribution in [3.63, 3.8) is 0 Å². The van der Waals surface area contributed by atoms with Gasteiger partial charge in [-0.05, 0) is 52.3 Å². The van der Waals surface area contributed by atoms with E-state index in [1.165, 1.54) is 0 Å². The molecule has 2 aromatic heterocycles. The third kappa shape index (κ3) is 9.91. The van der Waals surface area contributed by atoms with Gasteiger partial charge >= 0.3 is 0 Å². The maximum Gasteiger partial charge on any atom is 0.275 e. The van der Waals surface area contributed by atoms with Crippen molar-refractivity contribution in [1.29, 1.82) is 0 Å². The number of likely N-dealkylation sites (N-methyl/N-ethyl adjacent to an activating group) is 1. The molecule has 1 aliphatic heterocycles. The molecule has 1 aliphatic rings. The molecule has 0 spiro atoms. The van der Waals surface area contributed by atoms with Gasteiger partial charge in [-0.3, -0.25) is 4.79 Å². The number of H-pyrrole nitrogens is 1. The zero-order valence-electron chi connectivity index (χ0n) is 25.0. The number of nitrogens with one attached hydrogen (secondary N) is 1. The normalized spacial score (nSPS) is 15.1. The van der Waals surface area contributed by atoms with Crippen LogP contribution in [0.1, 0.15) is 72.7 Å². The highest BCUT2D eigenvalue weighted by Gasteiger charge is 2.19. The van der Waals surface area contributed by atoms with Crippen molar-refractivity contribution in [2.45, 2.75) is 74.3 Å². The van der Waals surface area contributed by atoms with Crippen LogP contribution in [0, 0.1) is 0 Å². The molecule has 0 bridgehead atoms. The number of aliphatic hydroxyl groups is 1. The fraction of sp³-hybridized carbons (Fsp3) is 0.655. The quantitative estimate of drug-likeness (QED) is 0.223. The second-order valence-corrected chi connectivity index (χ2v) is 9.87. The summed E-state index contributed by atoms with van der Waals surface area (Å²) in [7, 11) is 2.17. The molecule has 0 atom stereocenters. The molecule has 2 aromatic rings. The minimum Gasteiger partial charge on any atom is -0.493 e. The minimum atomic E-state index is -0.0947. The number of aryl methyl sites for hydroxylation is 2. The van der Waals surface area contributed by atoms with E-state index in [0.717, 1.165) is 80.2 Å². The first-order valence-electron chi connectivity index (χ1n) is 14.2. The Bertz CT molecular complexity index is 1050. The maximum absolute atomic E-state index is 13.2. The number of hydrogen-bond acceptors (Lipinski definition) is 7. The second kappa shape index (κ2) is 19.1. The first-order chi connectivity index (χ1) is 18.4. The van der Waals surface area contributed by atoms with Crippen LogP contribution in [-0.4, -0.2) is 81.0 Å². The highest BCUT2D eigenvalue weighted by atomic mass is 32.2. The smallest absolute Gasteiger partial charge is 0.275 e. The number of hydrogen-bond donors (Lipinski definition) is 2. The summed E-state index contributed by atoms with van der Waals surface area (Å²) in [5.74, 6) is 2.15. The Hall–Kier alpha value is -2.07. The monoisotopic (exact) mass is 549 g/mol. The van der Waals surface area contributed by atoms with Gasteiger partial charge in [0.2, 0.25) is 0 Å². The van der Waals surface area contributed by atoms with Crippen molar-refractivity contribution >= 4 is 28.6 Å². The van der Waals surface area contributed by atoms with E-state index in [2.05, 4.69) is 54.3 Å². The summed E-state index contributed by atoms with van der Waals surface area (Å²) in [5, 5.41) is 7.57. The summed E-state index contributed by atoms with van der Waals surface area (Å²) in [5.41, 5.74) is 3.36. The lowest BCUT2D eigenvalue weighted by atomic mass is 10.1. The lowest BCUT2D eigenvalue weighted by Gasteiger charge is -2.31. The van der Waals surface area contributed by atoms with Gasteiger partial charge in [0, 0.05) is 51.3 Å². The minimum absolute atomic E-state index is 0.0947.